The molecule has 142 valence electrons. The largest absolute Gasteiger partial charge is 0.309 e. The number of allylic oxidation sites excluding steroid dienone is 2. The van der Waals surface area contributed by atoms with Crippen molar-refractivity contribution in [1.29, 1.82) is 0 Å². The van der Waals surface area contributed by atoms with E-state index in [9.17, 15) is 4.79 Å². The number of para-hydroxylation sites is 1. The minimum atomic E-state index is 0.226. The number of benzene rings is 1. The van der Waals surface area contributed by atoms with Gasteiger partial charge < -0.3 is 10.2 Å². The van der Waals surface area contributed by atoms with Gasteiger partial charge in [-0.2, -0.15) is 0 Å². The Hall–Kier alpha value is -1.61. The maximum atomic E-state index is 12.5. The molecule has 1 amide bonds. The Balaban J connectivity index is 1.72. The van der Waals surface area contributed by atoms with Gasteiger partial charge in [0.25, 0.3) is 0 Å². The summed E-state index contributed by atoms with van der Waals surface area (Å²) < 4.78 is 0. The van der Waals surface area contributed by atoms with Crippen molar-refractivity contribution < 1.29 is 4.79 Å². The molecule has 3 nitrogen and oxygen atoms in total. The van der Waals surface area contributed by atoms with Gasteiger partial charge in [-0.15, -0.1) is 0 Å². The molecule has 26 heavy (non-hydrogen) atoms. The summed E-state index contributed by atoms with van der Waals surface area (Å²) in [5, 5.41) is 3.93. The van der Waals surface area contributed by atoms with E-state index in [1.807, 2.05) is 17.9 Å². The Labute approximate surface area is 158 Å². The fourth-order valence-corrected chi connectivity index (χ4v) is 4.60. The van der Waals surface area contributed by atoms with Gasteiger partial charge in [0.15, 0.2) is 0 Å². The molecule has 1 aliphatic heterocycles. The van der Waals surface area contributed by atoms with Crippen LogP contribution in [0.15, 0.2) is 35.9 Å². The van der Waals surface area contributed by atoms with Gasteiger partial charge >= 0.3 is 0 Å². The van der Waals surface area contributed by atoms with E-state index >= 15 is 0 Å². The summed E-state index contributed by atoms with van der Waals surface area (Å²) in [5.74, 6) is 0.882. The maximum Gasteiger partial charge on any atom is 0.226 e. The summed E-state index contributed by atoms with van der Waals surface area (Å²) >= 11 is 0. The number of carbonyl (C=O) groups is 1. The summed E-state index contributed by atoms with van der Waals surface area (Å²) in [6, 6.07) is 9.63. The number of fused-ring (bicyclic) bond motifs is 1. The van der Waals surface area contributed by atoms with Gasteiger partial charge in [0.2, 0.25) is 5.91 Å². The number of hydrogen-bond donors (Lipinski definition) is 1. The van der Waals surface area contributed by atoms with E-state index in [1.165, 1.54) is 31.2 Å². The number of carbonyl (C=O) groups excluding carboxylic acids is 1. The first kappa shape index (κ1) is 19.2. The Morgan fingerprint density at radius 2 is 1.96 bits per heavy atom. The van der Waals surface area contributed by atoms with Crippen molar-refractivity contribution in [2.24, 2.45) is 5.92 Å². The molecule has 0 radical (unpaired) electrons. The smallest absolute Gasteiger partial charge is 0.226 e. The van der Waals surface area contributed by atoms with Crippen LogP contribution in [0, 0.1) is 5.92 Å². The SMILES string of the molecule is CCC(=O)N1c2ccccc2C(NC2CCC(=CC(C)C)CC2)CC1C. The van der Waals surface area contributed by atoms with Crippen molar-refractivity contribution in [3.8, 4) is 0 Å². The highest BCUT2D eigenvalue weighted by Crippen LogP contribution is 2.38. The van der Waals surface area contributed by atoms with E-state index in [-0.39, 0.29) is 11.9 Å². The van der Waals surface area contributed by atoms with Crippen LogP contribution in [-0.4, -0.2) is 18.0 Å². The second-order valence-corrected chi connectivity index (χ2v) is 8.32. The van der Waals surface area contributed by atoms with Gasteiger partial charge in [-0.05, 0) is 56.6 Å². The predicted octanol–water partition coefficient (Wildman–Crippen LogP) is 5.38. The van der Waals surface area contributed by atoms with Crippen LogP contribution >= 0.6 is 0 Å². The first-order valence-electron chi connectivity index (χ1n) is 10.4. The minimum absolute atomic E-state index is 0.226. The lowest BCUT2D eigenvalue weighted by Crippen LogP contribution is -2.47. The molecule has 1 fully saturated rings. The zero-order valence-corrected chi connectivity index (χ0v) is 16.8. The van der Waals surface area contributed by atoms with Crippen molar-refractivity contribution in [1.82, 2.24) is 5.32 Å². The van der Waals surface area contributed by atoms with Gasteiger partial charge in [0.1, 0.15) is 0 Å². The van der Waals surface area contributed by atoms with Crippen molar-refractivity contribution >= 4 is 11.6 Å². The minimum Gasteiger partial charge on any atom is -0.309 e. The average molecular weight is 355 g/mol. The van der Waals surface area contributed by atoms with Gasteiger partial charge in [-0.1, -0.05) is 50.6 Å². The van der Waals surface area contributed by atoms with Gasteiger partial charge in [-0.3, -0.25) is 4.79 Å². The van der Waals surface area contributed by atoms with Crippen LogP contribution in [-0.2, 0) is 4.79 Å². The summed E-state index contributed by atoms with van der Waals surface area (Å²) in [5.41, 5.74) is 4.03. The quantitative estimate of drug-likeness (QED) is 0.737. The number of nitrogens with zero attached hydrogens (tertiary/aromatic N) is 1. The molecular formula is C23H34N2O. The van der Waals surface area contributed by atoms with Crippen molar-refractivity contribution in [2.75, 3.05) is 4.90 Å². The normalized spacial score (nSPS) is 26.0. The molecule has 1 N–H and O–H groups in total. The fraction of sp³-hybridized carbons (Fsp3) is 0.609. The fourth-order valence-electron chi connectivity index (χ4n) is 4.60. The molecule has 0 bridgehead atoms. The first-order chi connectivity index (χ1) is 12.5. The van der Waals surface area contributed by atoms with Crippen LogP contribution in [0.4, 0.5) is 5.69 Å². The Bertz CT molecular complexity index is 654. The Morgan fingerprint density at radius 1 is 1.27 bits per heavy atom. The zero-order valence-electron chi connectivity index (χ0n) is 16.8. The highest BCUT2D eigenvalue weighted by atomic mass is 16.2. The van der Waals surface area contributed by atoms with E-state index in [0.29, 0.717) is 24.4 Å². The molecule has 0 spiro atoms. The third kappa shape index (κ3) is 4.20. The van der Waals surface area contributed by atoms with Crippen LogP contribution in [0.5, 0.6) is 0 Å². The van der Waals surface area contributed by atoms with E-state index < -0.39 is 0 Å². The topological polar surface area (TPSA) is 32.3 Å². The molecule has 1 aromatic rings. The second kappa shape index (κ2) is 8.39. The van der Waals surface area contributed by atoms with Crippen molar-refractivity contribution in [3.63, 3.8) is 0 Å². The molecule has 2 aliphatic rings. The zero-order chi connectivity index (χ0) is 18.7. The van der Waals surface area contributed by atoms with Crippen LogP contribution in [0.1, 0.15) is 77.8 Å². The maximum absolute atomic E-state index is 12.5. The lowest BCUT2D eigenvalue weighted by molar-refractivity contribution is -0.118. The highest BCUT2D eigenvalue weighted by Gasteiger charge is 2.34. The number of amides is 1. The molecule has 2 atom stereocenters. The van der Waals surface area contributed by atoms with Crippen LogP contribution in [0.25, 0.3) is 0 Å². The van der Waals surface area contributed by atoms with Crippen LogP contribution in [0.2, 0.25) is 0 Å². The molecule has 0 aromatic heterocycles. The van der Waals surface area contributed by atoms with E-state index in [1.54, 1.807) is 5.57 Å². The summed E-state index contributed by atoms with van der Waals surface area (Å²) in [6.45, 7) is 8.66. The third-order valence-electron chi connectivity index (χ3n) is 5.79. The summed E-state index contributed by atoms with van der Waals surface area (Å²) in [6.07, 6.45) is 8.90. The lowest BCUT2D eigenvalue weighted by Gasteiger charge is -2.41. The molecular weight excluding hydrogens is 320 g/mol. The Morgan fingerprint density at radius 3 is 2.62 bits per heavy atom. The lowest BCUT2D eigenvalue weighted by atomic mass is 9.86. The van der Waals surface area contributed by atoms with Gasteiger partial charge in [0, 0.05) is 30.2 Å². The van der Waals surface area contributed by atoms with Crippen molar-refractivity contribution in [3.05, 3.63) is 41.5 Å². The molecule has 1 heterocycles. The summed E-state index contributed by atoms with van der Waals surface area (Å²) in [4.78, 5) is 14.5. The summed E-state index contributed by atoms with van der Waals surface area (Å²) in [7, 11) is 0. The van der Waals surface area contributed by atoms with Crippen molar-refractivity contribution in [2.45, 2.75) is 84.3 Å². The second-order valence-electron chi connectivity index (χ2n) is 8.32. The molecule has 0 saturated heterocycles. The highest BCUT2D eigenvalue weighted by molar-refractivity contribution is 5.95. The standard InChI is InChI=1S/C23H34N2O/c1-5-23(26)25-17(4)15-21(20-8-6-7-9-22(20)25)24-19-12-10-18(11-13-19)14-16(2)3/h6-9,14,16-17,19,21,24H,5,10-13,15H2,1-4H3. The number of anilines is 1. The molecule has 1 aliphatic carbocycles. The number of rotatable bonds is 4. The molecule has 1 aromatic carbocycles. The average Bonchev–Trinajstić information content (AvgIpc) is 2.62. The van der Waals surface area contributed by atoms with E-state index in [4.69, 9.17) is 0 Å². The molecule has 2 unspecified atom stereocenters. The Kier molecular flexibility index (Phi) is 6.18. The number of hydrogen-bond acceptors (Lipinski definition) is 2. The first-order valence-corrected chi connectivity index (χ1v) is 10.4. The van der Waals surface area contributed by atoms with Crippen LogP contribution in [0.3, 0.4) is 0 Å². The van der Waals surface area contributed by atoms with E-state index in [2.05, 4.69) is 50.4 Å². The molecule has 3 rings (SSSR count). The third-order valence-corrected chi connectivity index (χ3v) is 5.79. The molecule has 3 heteroatoms. The predicted molar refractivity (Wildman–Crippen MR) is 109 cm³/mol. The molecule has 1 saturated carbocycles. The number of nitrogens with one attached hydrogen (secondary N) is 1. The van der Waals surface area contributed by atoms with Gasteiger partial charge in [-0.25, -0.2) is 0 Å². The van der Waals surface area contributed by atoms with Crippen LogP contribution < -0.4 is 10.2 Å². The monoisotopic (exact) mass is 354 g/mol. The van der Waals surface area contributed by atoms with Gasteiger partial charge in [0.05, 0.1) is 0 Å². The van der Waals surface area contributed by atoms with E-state index in [0.717, 1.165) is 12.1 Å².